The fourth-order valence-corrected chi connectivity index (χ4v) is 10.0. The number of esters is 1. The quantitative estimate of drug-likeness (QED) is 0.427. The number of aliphatic hydroxyl groups is 2. The molecule has 7 heteroatoms. The normalized spacial score (nSPS) is 53.6. The summed E-state index contributed by atoms with van der Waals surface area (Å²) in [6.45, 7) is 7.07. The second kappa shape index (κ2) is 9.29. The molecule has 5 fully saturated rings. The zero-order valence-corrected chi connectivity index (χ0v) is 23.0. The molecule has 6 aliphatic rings. The number of fused-ring (bicyclic) bond motifs is 5. The Hall–Kier alpha value is -0.990. The van der Waals surface area contributed by atoms with Gasteiger partial charge in [0.2, 0.25) is 0 Å². The van der Waals surface area contributed by atoms with Crippen LogP contribution in [-0.2, 0) is 23.7 Å². The van der Waals surface area contributed by atoms with Gasteiger partial charge in [-0.05, 0) is 99.4 Å². The summed E-state index contributed by atoms with van der Waals surface area (Å²) in [6, 6.07) is 0. The third kappa shape index (κ3) is 3.97. The van der Waals surface area contributed by atoms with Crippen LogP contribution in [0.1, 0.15) is 85.0 Å². The summed E-state index contributed by atoms with van der Waals surface area (Å²) < 4.78 is 23.2. The SMILES string of the molecule is CO[C@@H]1C[C@H](O[C@H]2CC[C@@]3(C)[C@H](CC[C@H]4[C@H]3CC[C@]3(C)[C@@H](C5=CC(=O)OC5)CC[C@]43O)C2)O[C@H](C)[C@H]1O. The van der Waals surface area contributed by atoms with Crippen molar-refractivity contribution in [2.24, 2.45) is 34.5 Å². The lowest BCUT2D eigenvalue weighted by Crippen LogP contribution is -2.62. The van der Waals surface area contributed by atoms with Gasteiger partial charge in [-0.3, -0.25) is 0 Å². The van der Waals surface area contributed by atoms with E-state index in [0.717, 1.165) is 63.4 Å². The molecular weight excluding hydrogens is 472 g/mol. The first-order valence-corrected chi connectivity index (χ1v) is 14.7. The van der Waals surface area contributed by atoms with E-state index in [1.807, 2.05) is 6.92 Å². The minimum atomic E-state index is -0.670. The zero-order valence-electron chi connectivity index (χ0n) is 23.0. The third-order valence-electron chi connectivity index (χ3n) is 12.2. The van der Waals surface area contributed by atoms with Gasteiger partial charge < -0.3 is 29.2 Å². The Morgan fingerprint density at radius 2 is 1.84 bits per heavy atom. The van der Waals surface area contributed by atoms with E-state index in [1.54, 1.807) is 13.2 Å². The van der Waals surface area contributed by atoms with Crippen molar-refractivity contribution >= 4 is 5.97 Å². The number of hydrogen-bond donors (Lipinski definition) is 2. The number of methoxy groups -OCH3 is 1. The van der Waals surface area contributed by atoms with Crippen molar-refractivity contribution in [3.05, 3.63) is 11.6 Å². The summed E-state index contributed by atoms with van der Waals surface area (Å²) in [4.78, 5) is 11.8. The molecule has 1 saturated heterocycles. The molecule has 0 amide bonds. The molecule has 12 atom stereocenters. The van der Waals surface area contributed by atoms with Crippen molar-refractivity contribution in [3.8, 4) is 0 Å². The van der Waals surface area contributed by atoms with Gasteiger partial charge in [-0.2, -0.15) is 0 Å². The topological polar surface area (TPSA) is 94.5 Å². The lowest BCUT2D eigenvalue weighted by Gasteiger charge is -2.64. The molecule has 4 saturated carbocycles. The van der Waals surface area contributed by atoms with Gasteiger partial charge in [-0.15, -0.1) is 0 Å². The maximum absolute atomic E-state index is 12.4. The second-order valence-corrected chi connectivity index (χ2v) is 13.6. The summed E-state index contributed by atoms with van der Waals surface area (Å²) in [5.74, 6) is 1.45. The van der Waals surface area contributed by atoms with Gasteiger partial charge >= 0.3 is 5.97 Å². The van der Waals surface area contributed by atoms with E-state index in [-0.39, 0.29) is 47.3 Å². The summed E-state index contributed by atoms with van der Waals surface area (Å²) in [7, 11) is 1.64. The summed E-state index contributed by atoms with van der Waals surface area (Å²) >= 11 is 0. The first-order chi connectivity index (χ1) is 17.6. The van der Waals surface area contributed by atoms with Crippen LogP contribution in [0.3, 0.4) is 0 Å². The van der Waals surface area contributed by atoms with Crippen LogP contribution in [0.4, 0.5) is 0 Å². The molecule has 0 aromatic rings. The molecule has 0 radical (unpaired) electrons. The van der Waals surface area contributed by atoms with Crippen LogP contribution in [0, 0.1) is 34.5 Å². The van der Waals surface area contributed by atoms with Gasteiger partial charge in [0.15, 0.2) is 6.29 Å². The van der Waals surface area contributed by atoms with E-state index in [1.165, 1.54) is 0 Å². The maximum atomic E-state index is 12.4. The molecule has 208 valence electrons. The predicted molar refractivity (Wildman–Crippen MR) is 136 cm³/mol. The third-order valence-corrected chi connectivity index (χ3v) is 12.2. The van der Waals surface area contributed by atoms with Crippen molar-refractivity contribution in [1.82, 2.24) is 0 Å². The van der Waals surface area contributed by atoms with Crippen LogP contribution >= 0.6 is 0 Å². The smallest absolute Gasteiger partial charge is 0.331 e. The molecule has 2 heterocycles. The highest BCUT2D eigenvalue weighted by Gasteiger charge is 2.67. The van der Waals surface area contributed by atoms with Crippen LogP contribution in [0.25, 0.3) is 0 Å². The van der Waals surface area contributed by atoms with Crippen molar-refractivity contribution < 1.29 is 34.0 Å². The van der Waals surface area contributed by atoms with Gasteiger partial charge in [-0.1, -0.05) is 13.8 Å². The maximum Gasteiger partial charge on any atom is 0.331 e. The number of carbonyl (C=O) groups excluding carboxylic acids is 1. The lowest BCUT2D eigenvalue weighted by atomic mass is 9.43. The molecule has 37 heavy (non-hydrogen) atoms. The fraction of sp³-hybridized carbons (Fsp3) is 0.900. The van der Waals surface area contributed by atoms with E-state index in [2.05, 4.69) is 13.8 Å². The average Bonchev–Trinajstić information content (AvgIpc) is 3.41. The van der Waals surface area contributed by atoms with Gasteiger partial charge in [0.25, 0.3) is 0 Å². The number of hydrogen-bond acceptors (Lipinski definition) is 7. The first-order valence-electron chi connectivity index (χ1n) is 14.7. The molecule has 0 spiro atoms. The Bertz CT molecular complexity index is 935. The van der Waals surface area contributed by atoms with Crippen LogP contribution in [0.5, 0.6) is 0 Å². The Morgan fingerprint density at radius 3 is 2.57 bits per heavy atom. The molecule has 2 aliphatic heterocycles. The molecule has 6 rings (SSSR count). The molecule has 0 unspecified atom stereocenters. The van der Waals surface area contributed by atoms with Gasteiger partial charge in [-0.25, -0.2) is 4.79 Å². The number of aliphatic hydroxyl groups excluding tert-OH is 1. The van der Waals surface area contributed by atoms with Crippen molar-refractivity contribution in [2.45, 2.75) is 121 Å². The number of rotatable bonds is 4. The minimum absolute atomic E-state index is 0.166. The summed E-state index contributed by atoms with van der Waals surface area (Å²) in [5, 5.41) is 22.7. The predicted octanol–water partition coefficient (Wildman–Crippen LogP) is 4.14. The Balaban J connectivity index is 1.15. The second-order valence-electron chi connectivity index (χ2n) is 13.6. The largest absolute Gasteiger partial charge is 0.458 e. The fourth-order valence-electron chi connectivity index (χ4n) is 10.0. The van der Waals surface area contributed by atoms with Crippen molar-refractivity contribution in [3.63, 3.8) is 0 Å². The molecule has 7 nitrogen and oxygen atoms in total. The van der Waals surface area contributed by atoms with E-state index in [0.29, 0.717) is 30.8 Å². The molecule has 4 aliphatic carbocycles. The van der Waals surface area contributed by atoms with E-state index < -0.39 is 11.7 Å². The van der Waals surface area contributed by atoms with E-state index in [4.69, 9.17) is 18.9 Å². The van der Waals surface area contributed by atoms with Gasteiger partial charge in [0.05, 0.1) is 23.9 Å². The van der Waals surface area contributed by atoms with Gasteiger partial charge in [0, 0.05) is 25.0 Å². The van der Waals surface area contributed by atoms with Crippen LogP contribution < -0.4 is 0 Å². The number of cyclic esters (lactones) is 1. The molecule has 0 aromatic carbocycles. The summed E-state index contributed by atoms with van der Waals surface area (Å²) in [5.41, 5.74) is 0.461. The summed E-state index contributed by atoms with van der Waals surface area (Å²) in [6.07, 6.45) is 10.2. The van der Waals surface area contributed by atoms with Crippen LogP contribution in [0.2, 0.25) is 0 Å². The monoisotopic (exact) mass is 518 g/mol. The average molecular weight is 519 g/mol. The Labute approximate surface area is 221 Å². The zero-order chi connectivity index (χ0) is 26.2. The Kier molecular flexibility index (Phi) is 6.59. The minimum Gasteiger partial charge on any atom is -0.458 e. The van der Waals surface area contributed by atoms with Crippen LogP contribution in [0.15, 0.2) is 11.6 Å². The van der Waals surface area contributed by atoms with Crippen molar-refractivity contribution in [1.29, 1.82) is 0 Å². The molecule has 2 N–H and O–H groups in total. The molecule has 0 bridgehead atoms. The molecule has 0 aromatic heterocycles. The van der Waals surface area contributed by atoms with E-state index >= 15 is 0 Å². The Morgan fingerprint density at radius 1 is 1.03 bits per heavy atom. The van der Waals surface area contributed by atoms with Crippen LogP contribution in [-0.4, -0.2) is 66.2 Å². The standard InChI is InChI=1S/C30H46O7/c1-17-27(32)24(34-4)15-26(36-17)37-20-7-10-28(2)19(14-20)5-6-23-22(28)8-11-29(3)21(9-12-30(23,29)33)18-13-25(31)35-16-18/h13,17,19-24,26-27,32-33H,5-12,14-16H2,1-4H3/t17-,19-,20+,21-,22-,23+,24-,26+,27-,28+,29-,30+/m1/s1. The first kappa shape index (κ1) is 26.2. The highest BCUT2D eigenvalue weighted by Crippen LogP contribution is 2.70. The van der Waals surface area contributed by atoms with Gasteiger partial charge in [0.1, 0.15) is 12.7 Å². The highest BCUT2D eigenvalue weighted by atomic mass is 16.7. The lowest BCUT2D eigenvalue weighted by molar-refractivity contribution is -0.273. The molecular formula is C30H46O7. The van der Waals surface area contributed by atoms with E-state index in [9.17, 15) is 15.0 Å². The number of carbonyl (C=O) groups is 1. The van der Waals surface area contributed by atoms with Crippen molar-refractivity contribution in [2.75, 3.05) is 13.7 Å². The highest BCUT2D eigenvalue weighted by molar-refractivity contribution is 5.85. The number of ether oxygens (including phenoxy) is 4.